The van der Waals surface area contributed by atoms with E-state index in [0.717, 1.165) is 30.5 Å². The first-order valence-corrected chi connectivity index (χ1v) is 7.81. The second-order valence-electron chi connectivity index (χ2n) is 6.22. The molecule has 1 N–H and O–H groups in total. The van der Waals surface area contributed by atoms with Gasteiger partial charge in [-0.2, -0.15) is 0 Å². The van der Waals surface area contributed by atoms with E-state index in [1.165, 1.54) is 12.8 Å². The lowest BCUT2D eigenvalue weighted by Crippen LogP contribution is -2.50. The summed E-state index contributed by atoms with van der Waals surface area (Å²) in [6.07, 6.45) is 4.78. The van der Waals surface area contributed by atoms with Crippen molar-refractivity contribution in [1.82, 2.24) is 10.2 Å². The quantitative estimate of drug-likeness (QED) is 0.917. The predicted molar refractivity (Wildman–Crippen MR) is 80.9 cm³/mol. The van der Waals surface area contributed by atoms with Gasteiger partial charge in [0.05, 0.1) is 0 Å². The van der Waals surface area contributed by atoms with Crippen LogP contribution in [0.3, 0.4) is 0 Å². The summed E-state index contributed by atoms with van der Waals surface area (Å²) in [6, 6.07) is 9.61. The molecule has 0 saturated carbocycles. The Balaban J connectivity index is 1.77. The number of piperidine rings is 1. The Morgan fingerprint density at radius 1 is 1.30 bits per heavy atom. The van der Waals surface area contributed by atoms with Crippen LogP contribution in [-0.4, -0.2) is 35.5 Å². The summed E-state index contributed by atoms with van der Waals surface area (Å²) >= 11 is 0. The molecule has 3 heteroatoms. The molecule has 0 aliphatic carbocycles. The topological polar surface area (TPSA) is 32.3 Å². The summed E-state index contributed by atoms with van der Waals surface area (Å²) in [6.45, 7) is 4.94. The molecule has 108 valence electrons. The Bertz CT molecular complexity index is 488. The maximum absolute atomic E-state index is 12.8. The van der Waals surface area contributed by atoms with Crippen LogP contribution in [-0.2, 0) is 0 Å². The van der Waals surface area contributed by atoms with Crippen molar-refractivity contribution in [2.45, 2.75) is 57.7 Å². The van der Waals surface area contributed by atoms with Gasteiger partial charge in [-0.3, -0.25) is 4.79 Å². The summed E-state index contributed by atoms with van der Waals surface area (Å²) in [5, 5.41) is 3.65. The van der Waals surface area contributed by atoms with E-state index in [1.54, 1.807) is 0 Å². The predicted octanol–water partition coefficient (Wildman–Crippen LogP) is 2.74. The second kappa shape index (κ2) is 5.57. The van der Waals surface area contributed by atoms with Crippen molar-refractivity contribution < 1.29 is 4.79 Å². The van der Waals surface area contributed by atoms with E-state index in [0.29, 0.717) is 18.1 Å². The Morgan fingerprint density at radius 2 is 2.00 bits per heavy atom. The van der Waals surface area contributed by atoms with E-state index >= 15 is 0 Å². The smallest absolute Gasteiger partial charge is 0.254 e. The maximum atomic E-state index is 12.8. The number of nitrogens with zero attached hydrogens (tertiary/aromatic N) is 1. The lowest BCUT2D eigenvalue weighted by molar-refractivity contribution is 0.0631. The van der Waals surface area contributed by atoms with E-state index in [9.17, 15) is 4.79 Å². The molecular weight excluding hydrogens is 248 g/mol. The second-order valence-corrected chi connectivity index (χ2v) is 6.22. The molecule has 2 unspecified atom stereocenters. The highest BCUT2D eigenvalue weighted by Gasteiger charge is 2.37. The molecule has 2 aliphatic rings. The van der Waals surface area contributed by atoms with Gasteiger partial charge < -0.3 is 10.2 Å². The fraction of sp³-hybridized carbons (Fsp3) is 0.588. The van der Waals surface area contributed by atoms with E-state index in [1.807, 2.05) is 31.2 Å². The molecule has 2 atom stereocenters. The summed E-state index contributed by atoms with van der Waals surface area (Å²) in [4.78, 5) is 14.9. The average Bonchev–Trinajstić information content (AvgIpc) is 2.78. The van der Waals surface area contributed by atoms with Gasteiger partial charge in [0.25, 0.3) is 5.91 Å². The first kappa shape index (κ1) is 13.6. The number of aryl methyl sites for hydroxylation is 1. The van der Waals surface area contributed by atoms with E-state index < -0.39 is 0 Å². The number of hydrogen-bond donors (Lipinski definition) is 1. The fourth-order valence-corrected chi connectivity index (χ4v) is 3.79. The molecule has 2 heterocycles. The third-order valence-corrected chi connectivity index (χ3v) is 4.76. The van der Waals surface area contributed by atoms with Gasteiger partial charge in [0.2, 0.25) is 0 Å². The highest BCUT2D eigenvalue weighted by atomic mass is 16.2. The zero-order valence-electron chi connectivity index (χ0n) is 12.4. The molecular formula is C17H24N2O. The maximum Gasteiger partial charge on any atom is 0.254 e. The van der Waals surface area contributed by atoms with Crippen LogP contribution < -0.4 is 5.32 Å². The number of rotatable bonds is 3. The van der Waals surface area contributed by atoms with Crippen LogP contribution in [0.2, 0.25) is 0 Å². The van der Waals surface area contributed by atoms with Crippen molar-refractivity contribution in [2.75, 3.05) is 6.54 Å². The molecule has 2 aliphatic heterocycles. The van der Waals surface area contributed by atoms with Gasteiger partial charge in [-0.1, -0.05) is 17.7 Å². The van der Waals surface area contributed by atoms with Crippen LogP contribution in [0.4, 0.5) is 0 Å². The third kappa shape index (κ3) is 2.59. The Hall–Kier alpha value is -1.35. The number of amides is 1. The Labute approximate surface area is 121 Å². The van der Waals surface area contributed by atoms with Gasteiger partial charge in [0, 0.05) is 30.2 Å². The minimum Gasteiger partial charge on any atom is -0.336 e. The number of benzene rings is 1. The minimum absolute atomic E-state index is 0.197. The minimum atomic E-state index is 0.197. The molecule has 3 rings (SSSR count). The van der Waals surface area contributed by atoms with Gasteiger partial charge >= 0.3 is 0 Å². The highest BCUT2D eigenvalue weighted by molar-refractivity contribution is 5.94. The van der Waals surface area contributed by atoms with E-state index in [-0.39, 0.29) is 5.91 Å². The standard InChI is InChI=1S/C17H24N2O/c1-3-19(16-10-14-7-8-15(11-16)18-14)17(20)13-6-4-5-12(2)9-13/h4-6,9,14-16,18H,3,7-8,10-11H2,1-2H3. The van der Waals surface area contributed by atoms with Gasteiger partial charge in [0.15, 0.2) is 0 Å². The normalized spacial score (nSPS) is 28.4. The van der Waals surface area contributed by atoms with Crippen LogP contribution in [0.1, 0.15) is 48.5 Å². The molecule has 1 amide bonds. The van der Waals surface area contributed by atoms with Crippen LogP contribution in [0.5, 0.6) is 0 Å². The monoisotopic (exact) mass is 272 g/mol. The molecule has 0 aromatic heterocycles. The molecule has 0 spiro atoms. The molecule has 0 radical (unpaired) electrons. The highest BCUT2D eigenvalue weighted by Crippen LogP contribution is 2.30. The van der Waals surface area contributed by atoms with Crippen LogP contribution in [0.25, 0.3) is 0 Å². The number of hydrogen-bond acceptors (Lipinski definition) is 2. The fourth-order valence-electron chi connectivity index (χ4n) is 3.79. The van der Waals surface area contributed by atoms with Gasteiger partial charge in [-0.15, -0.1) is 0 Å². The summed E-state index contributed by atoms with van der Waals surface area (Å²) < 4.78 is 0. The van der Waals surface area contributed by atoms with E-state index in [2.05, 4.69) is 17.1 Å². The number of carbonyl (C=O) groups is 1. The van der Waals surface area contributed by atoms with Gasteiger partial charge in [0.1, 0.15) is 0 Å². The van der Waals surface area contributed by atoms with Crippen molar-refractivity contribution >= 4 is 5.91 Å². The Morgan fingerprint density at radius 3 is 2.60 bits per heavy atom. The zero-order chi connectivity index (χ0) is 14.1. The molecule has 2 bridgehead atoms. The van der Waals surface area contributed by atoms with E-state index in [4.69, 9.17) is 0 Å². The number of carbonyl (C=O) groups excluding carboxylic acids is 1. The molecule has 3 nitrogen and oxygen atoms in total. The average molecular weight is 272 g/mol. The first-order valence-electron chi connectivity index (χ1n) is 7.81. The van der Waals surface area contributed by atoms with Crippen LogP contribution in [0.15, 0.2) is 24.3 Å². The molecule has 2 saturated heterocycles. The van der Waals surface area contributed by atoms with Crippen molar-refractivity contribution in [2.24, 2.45) is 0 Å². The third-order valence-electron chi connectivity index (χ3n) is 4.76. The molecule has 20 heavy (non-hydrogen) atoms. The summed E-state index contributed by atoms with van der Waals surface area (Å²) in [5.41, 5.74) is 1.98. The molecule has 1 aromatic rings. The summed E-state index contributed by atoms with van der Waals surface area (Å²) in [7, 11) is 0. The van der Waals surface area contributed by atoms with Crippen molar-refractivity contribution in [3.63, 3.8) is 0 Å². The first-order chi connectivity index (χ1) is 9.67. The lowest BCUT2D eigenvalue weighted by atomic mass is 9.97. The zero-order valence-corrected chi connectivity index (χ0v) is 12.4. The summed E-state index contributed by atoms with van der Waals surface area (Å²) in [5.74, 6) is 0.197. The number of fused-ring (bicyclic) bond motifs is 2. The SMILES string of the molecule is CCN(C(=O)c1cccc(C)c1)C1CC2CCC(C1)N2. The largest absolute Gasteiger partial charge is 0.336 e. The van der Waals surface area contributed by atoms with Crippen molar-refractivity contribution in [3.8, 4) is 0 Å². The Kier molecular flexibility index (Phi) is 3.79. The van der Waals surface area contributed by atoms with Crippen molar-refractivity contribution in [3.05, 3.63) is 35.4 Å². The lowest BCUT2D eigenvalue weighted by Gasteiger charge is -2.37. The molecule has 1 aromatic carbocycles. The van der Waals surface area contributed by atoms with Gasteiger partial charge in [-0.25, -0.2) is 0 Å². The number of nitrogens with one attached hydrogen (secondary N) is 1. The molecule has 2 fully saturated rings. The van der Waals surface area contributed by atoms with Gasteiger partial charge in [-0.05, 0) is 51.7 Å². The van der Waals surface area contributed by atoms with Crippen LogP contribution >= 0.6 is 0 Å². The van der Waals surface area contributed by atoms with Crippen molar-refractivity contribution in [1.29, 1.82) is 0 Å². The van der Waals surface area contributed by atoms with Crippen LogP contribution in [0, 0.1) is 6.92 Å².